The fourth-order valence-electron chi connectivity index (χ4n) is 4.52. The number of fused-ring (bicyclic) bond motifs is 1. The van der Waals surface area contributed by atoms with Crippen LogP contribution in [0.2, 0.25) is 0 Å². The Kier molecular flexibility index (Phi) is 6.22. The van der Waals surface area contributed by atoms with Crippen molar-refractivity contribution in [2.24, 2.45) is 5.92 Å². The largest absolute Gasteiger partial charge is 0.493 e. The lowest BCUT2D eigenvalue weighted by Crippen LogP contribution is -2.40. The van der Waals surface area contributed by atoms with E-state index in [1.165, 1.54) is 0 Å². The number of amides is 1. The third-order valence-corrected chi connectivity index (χ3v) is 6.46. The van der Waals surface area contributed by atoms with Crippen molar-refractivity contribution in [1.82, 2.24) is 25.1 Å². The molecule has 1 N–H and O–H groups in total. The molecule has 2 aromatic carbocycles. The van der Waals surface area contributed by atoms with Crippen molar-refractivity contribution in [2.75, 3.05) is 39.3 Å². The molecule has 0 radical (unpaired) electrons. The van der Waals surface area contributed by atoms with E-state index in [1.807, 2.05) is 59.5 Å². The van der Waals surface area contributed by atoms with Gasteiger partial charge in [-0.05, 0) is 31.0 Å². The second-order valence-electron chi connectivity index (χ2n) is 8.48. The maximum absolute atomic E-state index is 12.1. The Labute approximate surface area is 203 Å². The number of aromatic nitrogens is 4. The number of para-hydroxylation sites is 1. The molecule has 4 aromatic rings. The Morgan fingerprint density at radius 3 is 2.43 bits per heavy atom. The standard InChI is InChI=1S/C26H28N6O3/c1-27-25(33)17-9-11-31(12-10-17)26-29-21-14-23(35-3)22(34-2)13-20(21)24(30-26)18-15-28-32(16-18)19-7-5-4-6-8-19/h4-8,13-17H,9-12H2,1-3H3,(H,27,33). The molecule has 0 aliphatic carbocycles. The average Bonchev–Trinajstić information content (AvgIpc) is 3.42. The number of hydrogen-bond donors (Lipinski definition) is 1. The van der Waals surface area contributed by atoms with Crippen LogP contribution in [-0.2, 0) is 4.79 Å². The van der Waals surface area contributed by atoms with Gasteiger partial charge in [0, 0.05) is 49.3 Å². The van der Waals surface area contributed by atoms with Crippen LogP contribution >= 0.6 is 0 Å². The van der Waals surface area contributed by atoms with Crippen molar-refractivity contribution in [3.63, 3.8) is 0 Å². The van der Waals surface area contributed by atoms with Gasteiger partial charge in [0.25, 0.3) is 0 Å². The minimum Gasteiger partial charge on any atom is -0.493 e. The summed E-state index contributed by atoms with van der Waals surface area (Å²) in [6.45, 7) is 1.42. The Balaban J connectivity index is 1.59. The van der Waals surface area contributed by atoms with Crippen molar-refractivity contribution in [3.05, 3.63) is 54.9 Å². The Morgan fingerprint density at radius 2 is 1.74 bits per heavy atom. The molecule has 0 atom stereocenters. The zero-order chi connectivity index (χ0) is 24.4. The van der Waals surface area contributed by atoms with Crippen molar-refractivity contribution in [2.45, 2.75) is 12.8 Å². The molecule has 0 spiro atoms. The number of piperidine rings is 1. The number of methoxy groups -OCH3 is 2. The van der Waals surface area contributed by atoms with Crippen LogP contribution in [0.4, 0.5) is 5.95 Å². The van der Waals surface area contributed by atoms with Crippen molar-refractivity contribution < 1.29 is 14.3 Å². The zero-order valence-electron chi connectivity index (χ0n) is 20.1. The van der Waals surface area contributed by atoms with Crippen LogP contribution in [0, 0.1) is 5.92 Å². The van der Waals surface area contributed by atoms with Crippen LogP contribution in [0.25, 0.3) is 27.8 Å². The number of carbonyl (C=O) groups is 1. The second-order valence-corrected chi connectivity index (χ2v) is 8.48. The minimum absolute atomic E-state index is 0.0182. The summed E-state index contributed by atoms with van der Waals surface area (Å²) in [5, 5.41) is 8.18. The number of rotatable bonds is 6. The number of carbonyl (C=O) groups excluding carboxylic acids is 1. The second kappa shape index (κ2) is 9.61. The third-order valence-electron chi connectivity index (χ3n) is 6.46. The summed E-state index contributed by atoms with van der Waals surface area (Å²) in [4.78, 5) is 24.1. The predicted molar refractivity (Wildman–Crippen MR) is 134 cm³/mol. The van der Waals surface area contributed by atoms with Crippen LogP contribution < -0.4 is 19.7 Å². The molecule has 3 heterocycles. The summed E-state index contributed by atoms with van der Waals surface area (Å²) in [5.41, 5.74) is 3.35. The molecule has 9 heteroatoms. The molecule has 9 nitrogen and oxygen atoms in total. The molecule has 1 fully saturated rings. The highest BCUT2D eigenvalue weighted by Gasteiger charge is 2.26. The first kappa shape index (κ1) is 22.6. The van der Waals surface area contributed by atoms with Gasteiger partial charge in [-0.1, -0.05) is 18.2 Å². The summed E-state index contributed by atoms with van der Waals surface area (Å²) in [6, 6.07) is 13.7. The van der Waals surface area contributed by atoms with E-state index in [2.05, 4.69) is 15.3 Å². The van der Waals surface area contributed by atoms with Gasteiger partial charge in [-0.25, -0.2) is 14.6 Å². The molecule has 1 amide bonds. The molecule has 0 saturated carbocycles. The lowest BCUT2D eigenvalue weighted by molar-refractivity contribution is -0.125. The maximum atomic E-state index is 12.1. The molecule has 1 saturated heterocycles. The summed E-state index contributed by atoms with van der Waals surface area (Å²) < 4.78 is 12.9. The van der Waals surface area contributed by atoms with E-state index >= 15 is 0 Å². The molecule has 2 aromatic heterocycles. The average molecular weight is 473 g/mol. The smallest absolute Gasteiger partial charge is 0.226 e. The number of ether oxygens (including phenoxy) is 2. The van der Waals surface area contributed by atoms with Crippen molar-refractivity contribution in [1.29, 1.82) is 0 Å². The predicted octanol–water partition coefficient (Wildman–Crippen LogP) is 3.46. The SMILES string of the molecule is CNC(=O)C1CCN(c2nc(-c3cnn(-c4ccccc4)c3)c3cc(OC)c(OC)cc3n2)CC1. The third kappa shape index (κ3) is 4.37. The van der Waals surface area contributed by atoms with Crippen LogP contribution in [0.3, 0.4) is 0 Å². The van der Waals surface area contributed by atoms with Gasteiger partial charge in [-0.2, -0.15) is 5.10 Å². The van der Waals surface area contributed by atoms with Crippen molar-refractivity contribution in [3.8, 4) is 28.4 Å². The highest BCUT2D eigenvalue weighted by Crippen LogP contribution is 2.37. The van der Waals surface area contributed by atoms with E-state index in [-0.39, 0.29) is 11.8 Å². The van der Waals surface area contributed by atoms with Gasteiger partial charge in [0.15, 0.2) is 11.5 Å². The number of anilines is 1. The number of nitrogens with one attached hydrogen (secondary N) is 1. The molecule has 0 bridgehead atoms. The molecule has 1 aliphatic heterocycles. The first-order chi connectivity index (χ1) is 17.1. The maximum Gasteiger partial charge on any atom is 0.226 e. The van der Waals surface area contributed by atoms with Crippen LogP contribution in [-0.4, -0.2) is 60.0 Å². The van der Waals surface area contributed by atoms with Gasteiger partial charge < -0.3 is 19.7 Å². The minimum atomic E-state index is 0.0182. The van der Waals surface area contributed by atoms with Gasteiger partial charge in [0.1, 0.15) is 0 Å². The summed E-state index contributed by atoms with van der Waals surface area (Å²) in [7, 11) is 4.91. The fraction of sp³-hybridized carbons (Fsp3) is 0.308. The molecule has 1 aliphatic rings. The van der Waals surface area contributed by atoms with E-state index in [0.717, 1.165) is 40.7 Å². The highest BCUT2D eigenvalue weighted by molar-refractivity contribution is 5.95. The summed E-state index contributed by atoms with van der Waals surface area (Å²) in [6.07, 6.45) is 5.30. The number of hydrogen-bond acceptors (Lipinski definition) is 7. The van der Waals surface area contributed by atoms with Crippen LogP contribution in [0.15, 0.2) is 54.9 Å². The summed E-state index contributed by atoms with van der Waals surface area (Å²) in [5.74, 6) is 1.95. The summed E-state index contributed by atoms with van der Waals surface area (Å²) >= 11 is 0. The van der Waals surface area contributed by atoms with Gasteiger partial charge in [-0.15, -0.1) is 0 Å². The van der Waals surface area contributed by atoms with E-state index in [0.29, 0.717) is 30.5 Å². The van der Waals surface area contributed by atoms with Crippen LogP contribution in [0.5, 0.6) is 11.5 Å². The molecule has 35 heavy (non-hydrogen) atoms. The van der Waals surface area contributed by atoms with Crippen molar-refractivity contribution >= 4 is 22.8 Å². The van der Waals surface area contributed by atoms with Gasteiger partial charge in [-0.3, -0.25) is 4.79 Å². The number of nitrogens with zero attached hydrogens (tertiary/aromatic N) is 5. The Hall–Kier alpha value is -4.14. The lowest BCUT2D eigenvalue weighted by Gasteiger charge is -2.31. The highest BCUT2D eigenvalue weighted by atomic mass is 16.5. The Bertz CT molecular complexity index is 1350. The first-order valence-corrected chi connectivity index (χ1v) is 11.6. The topological polar surface area (TPSA) is 94.4 Å². The normalized spacial score (nSPS) is 14.2. The fourth-order valence-corrected chi connectivity index (χ4v) is 4.52. The number of benzene rings is 2. The molecular weight excluding hydrogens is 444 g/mol. The first-order valence-electron chi connectivity index (χ1n) is 11.6. The molecule has 5 rings (SSSR count). The van der Waals surface area contributed by atoms with E-state index in [9.17, 15) is 4.79 Å². The van der Waals surface area contributed by atoms with Gasteiger partial charge in [0.05, 0.1) is 37.3 Å². The van der Waals surface area contributed by atoms with E-state index < -0.39 is 0 Å². The van der Waals surface area contributed by atoms with E-state index in [4.69, 9.17) is 19.4 Å². The lowest BCUT2D eigenvalue weighted by atomic mass is 9.96. The zero-order valence-corrected chi connectivity index (χ0v) is 20.1. The quantitative estimate of drug-likeness (QED) is 0.459. The monoisotopic (exact) mass is 472 g/mol. The molecule has 0 unspecified atom stereocenters. The molecule has 180 valence electrons. The van der Waals surface area contributed by atoms with E-state index in [1.54, 1.807) is 21.3 Å². The Morgan fingerprint density at radius 1 is 1.03 bits per heavy atom. The van der Waals surface area contributed by atoms with Crippen LogP contribution in [0.1, 0.15) is 12.8 Å². The molecular formula is C26H28N6O3. The van der Waals surface area contributed by atoms with Gasteiger partial charge in [0.2, 0.25) is 11.9 Å². The van der Waals surface area contributed by atoms with Gasteiger partial charge >= 0.3 is 0 Å².